The van der Waals surface area contributed by atoms with E-state index in [9.17, 15) is 5.11 Å². The standard InChI is InChI=1S/C24H33N3O2/c1-4-26(5-2)22-12-11-21(23(28)17-22)18-25-19(3)24(20-9-7-6-8-10-20)27-13-15-29-16-14-27/h6-12,17-19,24,28H,4-5,13-16H2,1-3H3/t19-,24-/m1/s1. The molecule has 0 aliphatic carbocycles. The van der Waals surface area contributed by atoms with Crippen molar-refractivity contribution in [1.82, 2.24) is 4.90 Å². The fraction of sp³-hybridized carbons (Fsp3) is 0.458. The summed E-state index contributed by atoms with van der Waals surface area (Å²) in [4.78, 5) is 9.50. The Bertz CT molecular complexity index is 784. The Morgan fingerprint density at radius 3 is 2.41 bits per heavy atom. The summed E-state index contributed by atoms with van der Waals surface area (Å²) in [6, 6.07) is 16.6. The minimum atomic E-state index is 0.0531. The first-order chi connectivity index (χ1) is 14.1. The summed E-state index contributed by atoms with van der Waals surface area (Å²) in [7, 11) is 0. The van der Waals surface area contributed by atoms with Crippen LogP contribution in [0, 0.1) is 0 Å². The van der Waals surface area contributed by atoms with E-state index in [0.29, 0.717) is 0 Å². The molecule has 0 amide bonds. The molecular weight excluding hydrogens is 362 g/mol. The van der Waals surface area contributed by atoms with Crippen molar-refractivity contribution in [2.24, 2.45) is 4.99 Å². The second-order valence-corrected chi connectivity index (χ2v) is 7.44. The van der Waals surface area contributed by atoms with Crippen LogP contribution in [0.1, 0.15) is 37.9 Å². The summed E-state index contributed by atoms with van der Waals surface area (Å²) in [5.74, 6) is 0.271. The van der Waals surface area contributed by atoms with Crippen molar-refractivity contribution >= 4 is 11.9 Å². The van der Waals surface area contributed by atoms with Gasteiger partial charge in [-0.2, -0.15) is 0 Å². The van der Waals surface area contributed by atoms with Gasteiger partial charge in [-0.15, -0.1) is 0 Å². The fourth-order valence-electron chi connectivity index (χ4n) is 4.01. The molecule has 0 radical (unpaired) electrons. The second kappa shape index (κ2) is 10.4. The van der Waals surface area contributed by atoms with Crippen LogP contribution in [0.15, 0.2) is 53.5 Å². The van der Waals surface area contributed by atoms with Crippen LogP contribution in [0.2, 0.25) is 0 Å². The highest BCUT2D eigenvalue weighted by Gasteiger charge is 2.27. The van der Waals surface area contributed by atoms with Crippen LogP contribution in [0.3, 0.4) is 0 Å². The lowest BCUT2D eigenvalue weighted by Gasteiger charge is -2.37. The van der Waals surface area contributed by atoms with Crippen molar-refractivity contribution in [3.05, 3.63) is 59.7 Å². The normalized spacial score (nSPS) is 17.3. The molecule has 0 aromatic heterocycles. The van der Waals surface area contributed by atoms with E-state index in [-0.39, 0.29) is 17.8 Å². The Hall–Kier alpha value is -2.37. The molecule has 156 valence electrons. The van der Waals surface area contributed by atoms with Gasteiger partial charge in [0.25, 0.3) is 0 Å². The van der Waals surface area contributed by atoms with Gasteiger partial charge in [-0.3, -0.25) is 9.89 Å². The van der Waals surface area contributed by atoms with Gasteiger partial charge in [0, 0.05) is 49.7 Å². The molecule has 0 bridgehead atoms. The monoisotopic (exact) mass is 395 g/mol. The first kappa shape index (κ1) is 21.3. The first-order valence-corrected chi connectivity index (χ1v) is 10.6. The van der Waals surface area contributed by atoms with Crippen molar-refractivity contribution in [3.8, 4) is 5.75 Å². The molecular formula is C24H33N3O2. The Morgan fingerprint density at radius 2 is 1.79 bits per heavy atom. The number of aromatic hydroxyl groups is 1. The molecule has 2 atom stereocenters. The third-order valence-corrected chi connectivity index (χ3v) is 5.63. The largest absolute Gasteiger partial charge is 0.507 e. The van der Waals surface area contributed by atoms with Crippen LogP contribution in [0.25, 0.3) is 0 Å². The molecule has 0 unspecified atom stereocenters. The predicted octanol–water partition coefficient (Wildman–Crippen LogP) is 4.12. The number of anilines is 1. The summed E-state index contributed by atoms with van der Waals surface area (Å²) in [6.45, 7) is 11.5. The van der Waals surface area contributed by atoms with Crippen molar-refractivity contribution < 1.29 is 9.84 Å². The minimum Gasteiger partial charge on any atom is -0.507 e. The van der Waals surface area contributed by atoms with Crippen LogP contribution < -0.4 is 4.90 Å². The third kappa shape index (κ3) is 5.37. The quantitative estimate of drug-likeness (QED) is 0.683. The van der Waals surface area contributed by atoms with Crippen molar-refractivity contribution in [3.63, 3.8) is 0 Å². The topological polar surface area (TPSA) is 48.3 Å². The highest BCUT2D eigenvalue weighted by Crippen LogP contribution is 2.28. The van der Waals surface area contributed by atoms with E-state index >= 15 is 0 Å². The average molecular weight is 396 g/mol. The number of benzene rings is 2. The molecule has 1 heterocycles. The number of ether oxygens (including phenoxy) is 1. The van der Waals surface area contributed by atoms with Gasteiger partial charge in [0.05, 0.1) is 25.3 Å². The fourth-order valence-corrected chi connectivity index (χ4v) is 4.01. The second-order valence-electron chi connectivity index (χ2n) is 7.44. The zero-order valence-corrected chi connectivity index (χ0v) is 17.8. The molecule has 1 aliphatic rings. The van der Waals surface area contributed by atoms with Crippen molar-refractivity contribution in [2.45, 2.75) is 32.9 Å². The van der Waals surface area contributed by atoms with E-state index < -0.39 is 0 Å². The molecule has 2 aromatic rings. The highest BCUT2D eigenvalue weighted by molar-refractivity contribution is 5.84. The molecule has 1 fully saturated rings. The number of hydrogen-bond donors (Lipinski definition) is 1. The van der Waals surface area contributed by atoms with E-state index in [2.05, 4.69) is 60.9 Å². The Labute approximate surface area is 174 Å². The Kier molecular flexibility index (Phi) is 7.67. The van der Waals surface area contributed by atoms with E-state index in [0.717, 1.165) is 50.6 Å². The zero-order chi connectivity index (χ0) is 20.6. The van der Waals surface area contributed by atoms with Crippen LogP contribution in [-0.4, -0.2) is 61.7 Å². The number of phenolic OH excluding ortho intramolecular Hbond substituents is 1. The van der Waals surface area contributed by atoms with Crippen LogP contribution in [0.4, 0.5) is 5.69 Å². The predicted molar refractivity (Wildman–Crippen MR) is 120 cm³/mol. The number of rotatable bonds is 8. The molecule has 0 saturated carbocycles. The van der Waals surface area contributed by atoms with Gasteiger partial charge < -0.3 is 14.7 Å². The van der Waals surface area contributed by atoms with Gasteiger partial charge in [-0.25, -0.2) is 0 Å². The van der Waals surface area contributed by atoms with Crippen LogP contribution in [0.5, 0.6) is 5.75 Å². The number of nitrogens with zero attached hydrogens (tertiary/aromatic N) is 3. The zero-order valence-electron chi connectivity index (χ0n) is 17.8. The van der Waals surface area contributed by atoms with Gasteiger partial charge in [0.2, 0.25) is 0 Å². The molecule has 2 aromatic carbocycles. The summed E-state index contributed by atoms with van der Waals surface area (Å²) in [5.41, 5.74) is 3.05. The summed E-state index contributed by atoms with van der Waals surface area (Å²) < 4.78 is 5.54. The lowest BCUT2D eigenvalue weighted by molar-refractivity contribution is 0.0119. The molecule has 1 N–H and O–H groups in total. The molecule has 5 nitrogen and oxygen atoms in total. The first-order valence-electron chi connectivity index (χ1n) is 10.6. The van der Waals surface area contributed by atoms with Crippen LogP contribution >= 0.6 is 0 Å². The molecule has 29 heavy (non-hydrogen) atoms. The van der Waals surface area contributed by atoms with Gasteiger partial charge in [0.1, 0.15) is 5.75 Å². The van der Waals surface area contributed by atoms with E-state index in [4.69, 9.17) is 9.73 Å². The maximum atomic E-state index is 10.5. The maximum Gasteiger partial charge on any atom is 0.126 e. The van der Waals surface area contributed by atoms with Gasteiger partial charge >= 0.3 is 0 Å². The summed E-state index contributed by atoms with van der Waals surface area (Å²) >= 11 is 0. The molecule has 1 aliphatic heterocycles. The van der Waals surface area contributed by atoms with E-state index in [1.54, 1.807) is 0 Å². The van der Waals surface area contributed by atoms with E-state index in [1.165, 1.54) is 5.56 Å². The SMILES string of the molecule is CCN(CC)c1ccc(C=N[C@H](C)[C@H](c2ccccc2)N2CCOCC2)c(O)c1. The lowest BCUT2D eigenvalue weighted by Crippen LogP contribution is -2.42. The molecule has 5 heteroatoms. The minimum absolute atomic E-state index is 0.0531. The highest BCUT2D eigenvalue weighted by atomic mass is 16.5. The van der Waals surface area contributed by atoms with E-state index in [1.807, 2.05) is 24.4 Å². The summed E-state index contributed by atoms with van der Waals surface area (Å²) in [6.07, 6.45) is 1.81. The number of aliphatic imine (C=N–C) groups is 1. The smallest absolute Gasteiger partial charge is 0.126 e. The van der Waals surface area contributed by atoms with Crippen LogP contribution in [-0.2, 0) is 4.74 Å². The maximum absolute atomic E-state index is 10.5. The average Bonchev–Trinajstić information content (AvgIpc) is 2.76. The molecule has 0 spiro atoms. The Balaban J connectivity index is 1.80. The molecule has 3 rings (SSSR count). The van der Waals surface area contributed by atoms with Gasteiger partial charge in [-0.1, -0.05) is 30.3 Å². The molecule has 1 saturated heterocycles. The summed E-state index contributed by atoms with van der Waals surface area (Å²) in [5, 5.41) is 10.5. The number of phenols is 1. The third-order valence-electron chi connectivity index (χ3n) is 5.63. The van der Waals surface area contributed by atoms with Gasteiger partial charge in [0.15, 0.2) is 0 Å². The lowest BCUT2D eigenvalue weighted by atomic mass is 9.98. The van der Waals surface area contributed by atoms with Crippen molar-refractivity contribution in [2.75, 3.05) is 44.3 Å². The van der Waals surface area contributed by atoms with Crippen molar-refractivity contribution in [1.29, 1.82) is 0 Å². The number of morpholine rings is 1. The number of hydrogen-bond acceptors (Lipinski definition) is 5. The Morgan fingerprint density at radius 1 is 1.10 bits per heavy atom. The van der Waals surface area contributed by atoms with Gasteiger partial charge in [-0.05, 0) is 38.5 Å².